The lowest BCUT2D eigenvalue weighted by Crippen LogP contribution is -2.32. The Hall–Kier alpha value is -1.54. The summed E-state index contributed by atoms with van der Waals surface area (Å²) in [7, 11) is 0. The fourth-order valence-electron chi connectivity index (χ4n) is 2.32. The number of furan rings is 1. The predicted molar refractivity (Wildman–Crippen MR) is 74.8 cm³/mol. The highest BCUT2D eigenvalue weighted by Crippen LogP contribution is 2.11. The van der Waals surface area contributed by atoms with Crippen LogP contribution in [0.4, 0.5) is 0 Å². The summed E-state index contributed by atoms with van der Waals surface area (Å²) in [5, 5.41) is 3.55. The average Bonchev–Trinajstić information content (AvgIpc) is 2.82. The quantitative estimate of drug-likeness (QED) is 0.841. The second kappa shape index (κ2) is 6.41. The molecule has 0 spiro atoms. The summed E-state index contributed by atoms with van der Waals surface area (Å²) < 4.78 is 5.14. The minimum Gasteiger partial charge on any atom is -0.472 e. The molecule has 2 heteroatoms. The third-order valence-electron chi connectivity index (χ3n) is 3.12. The van der Waals surface area contributed by atoms with Crippen molar-refractivity contribution in [3.05, 3.63) is 59.5 Å². The summed E-state index contributed by atoms with van der Waals surface area (Å²) in [4.78, 5) is 0. The Morgan fingerprint density at radius 1 is 1.17 bits per heavy atom. The minimum absolute atomic E-state index is 0.467. The lowest BCUT2D eigenvalue weighted by molar-refractivity contribution is 0.513. The first-order chi connectivity index (χ1) is 8.78. The maximum Gasteiger partial charge on any atom is 0.0935 e. The second-order valence-electron chi connectivity index (χ2n) is 4.78. The van der Waals surface area contributed by atoms with Crippen molar-refractivity contribution >= 4 is 0 Å². The monoisotopic (exact) mass is 243 g/mol. The zero-order valence-electron chi connectivity index (χ0n) is 11.1. The van der Waals surface area contributed by atoms with Gasteiger partial charge in [0.05, 0.1) is 12.5 Å². The van der Waals surface area contributed by atoms with Crippen molar-refractivity contribution in [3.8, 4) is 0 Å². The molecule has 2 rings (SSSR count). The first-order valence-corrected chi connectivity index (χ1v) is 6.58. The van der Waals surface area contributed by atoms with Gasteiger partial charge < -0.3 is 9.73 Å². The van der Waals surface area contributed by atoms with Crippen LogP contribution in [-0.4, -0.2) is 12.6 Å². The fraction of sp³-hybridized carbons (Fsp3) is 0.375. The van der Waals surface area contributed by atoms with Crippen LogP contribution >= 0.6 is 0 Å². The van der Waals surface area contributed by atoms with E-state index in [1.807, 2.05) is 12.3 Å². The fourth-order valence-corrected chi connectivity index (χ4v) is 2.32. The molecule has 2 nitrogen and oxygen atoms in total. The van der Waals surface area contributed by atoms with E-state index in [4.69, 9.17) is 4.42 Å². The zero-order chi connectivity index (χ0) is 12.8. The Bertz CT molecular complexity index is 462. The Morgan fingerprint density at radius 2 is 2.00 bits per heavy atom. The van der Waals surface area contributed by atoms with Crippen LogP contribution in [0.5, 0.6) is 0 Å². The molecular formula is C16H21NO. The third kappa shape index (κ3) is 3.74. The normalized spacial score (nSPS) is 12.6. The maximum absolute atomic E-state index is 5.14. The third-order valence-corrected chi connectivity index (χ3v) is 3.12. The van der Waals surface area contributed by atoms with Crippen LogP contribution in [0.15, 0.2) is 47.3 Å². The second-order valence-corrected chi connectivity index (χ2v) is 4.78. The van der Waals surface area contributed by atoms with Gasteiger partial charge in [0, 0.05) is 6.04 Å². The van der Waals surface area contributed by atoms with Crippen LogP contribution in [0.3, 0.4) is 0 Å². The predicted octanol–water partition coefficient (Wildman–Crippen LogP) is 3.35. The summed E-state index contributed by atoms with van der Waals surface area (Å²) in [6.07, 6.45) is 5.64. The van der Waals surface area contributed by atoms with Gasteiger partial charge in [0.2, 0.25) is 0 Å². The number of aryl methyl sites for hydroxylation is 1. The Labute approximate surface area is 109 Å². The van der Waals surface area contributed by atoms with E-state index in [1.54, 1.807) is 6.26 Å². The lowest BCUT2D eigenvalue weighted by atomic mass is 9.99. The van der Waals surface area contributed by atoms with Gasteiger partial charge >= 0.3 is 0 Å². The van der Waals surface area contributed by atoms with Crippen LogP contribution in [0.25, 0.3) is 0 Å². The standard InChI is InChI=1S/C16H21NO/c1-3-17-16(11-15-7-8-18-12-15)10-14-6-4-5-13(2)9-14/h4-9,12,16-17H,3,10-11H2,1-2H3. The van der Waals surface area contributed by atoms with Gasteiger partial charge in [-0.25, -0.2) is 0 Å². The maximum atomic E-state index is 5.14. The molecular weight excluding hydrogens is 222 g/mol. The highest BCUT2D eigenvalue weighted by atomic mass is 16.3. The highest BCUT2D eigenvalue weighted by Gasteiger charge is 2.10. The summed E-state index contributed by atoms with van der Waals surface area (Å²) in [6, 6.07) is 11.2. The molecule has 1 aromatic carbocycles. The molecule has 0 aliphatic carbocycles. The van der Waals surface area contributed by atoms with E-state index in [0.29, 0.717) is 6.04 Å². The van der Waals surface area contributed by atoms with Crippen molar-refractivity contribution in [1.29, 1.82) is 0 Å². The molecule has 1 unspecified atom stereocenters. The van der Waals surface area contributed by atoms with Gasteiger partial charge in [-0.15, -0.1) is 0 Å². The highest BCUT2D eigenvalue weighted by molar-refractivity contribution is 5.23. The van der Waals surface area contributed by atoms with Crippen molar-refractivity contribution < 1.29 is 4.42 Å². The molecule has 0 amide bonds. The van der Waals surface area contributed by atoms with Crippen molar-refractivity contribution in [2.24, 2.45) is 0 Å². The van der Waals surface area contributed by atoms with Gasteiger partial charge in [0.25, 0.3) is 0 Å². The van der Waals surface area contributed by atoms with E-state index >= 15 is 0 Å². The Balaban J connectivity index is 2.01. The molecule has 1 N–H and O–H groups in total. The first-order valence-electron chi connectivity index (χ1n) is 6.58. The summed E-state index contributed by atoms with van der Waals surface area (Å²) >= 11 is 0. The zero-order valence-corrected chi connectivity index (χ0v) is 11.1. The van der Waals surface area contributed by atoms with Crippen molar-refractivity contribution in [2.45, 2.75) is 32.7 Å². The van der Waals surface area contributed by atoms with Gasteiger partial charge in [0.15, 0.2) is 0 Å². The Morgan fingerprint density at radius 3 is 2.67 bits per heavy atom. The molecule has 2 aromatic rings. The van der Waals surface area contributed by atoms with Gasteiger partial charge in [-0.2, -0.15) is 0 Å². The molecule has 0 aliphatic heterocycles. The lowest BCUT2D eigenvalue weighted by Gasteiger charge is -2.17. The van der Waals surface area contributed by atoms with Crippen LogP contribution in [0.1, 0.15) is 23.6 Å². The number of hydrogen-bond acceptors (Lipinski definition) is 2. The summed E-state index contributed by atoms with van der Waals surface area (Å²) in [5.74, 6) is 0. The molecule has 0 radical (unpaired) electrons. The summed E-state index contributed by atoms with van der Waals surface area (Å²) in [6.45, 7) is 5.29. The van der Waals surface area contributed by atoms with E-state index in [-0.39, 0.29) is 0 Å². The summed E-state index contributed by atoms with van der Waals surface area (Å²) in [5.41, 5.74) is 3.98. The number of benzene rings is 1. The van der Waals surface area contributed by atoms with Crippen LogP contribution in [-0.2, 0) is 12.8 Å². The molecule has 0 aliphatic rings. The molecule has 0 saturated carbocycles. The van der Waals surface area contributed by atoms with Gasteiger partial charge in [-0.3, -0.25) is 0 Å². The van der Waals surface area contributed by atoms with Gasteiger partial charge in [0.1, 0.15) is 0 Å². The van der Waals surface area contributed by atoms with Crippen molar-refractivity contribution in [2.75, 3.05) is 6.54 Å². The smallest absolute Gasteiger partial charge is 0.0935 e. The largest absolute Gasteiger partial charge is 0.472 e. The van der Waals surface area contributed by atoms with E-state index in [9.17, 15) is 0 Å². The SMILES string of the molecule is CCNC(Cc1ccoc1)Cc1cccc(C)c1. The molecule has 1 atom stereocenters. The molecule has 1 aromatic heterocycles. The molecule has 1 heterocycles. The molecule has 18 heavy (non-hydrogen) atoms. The van der Waals surface area contributed by atoms with Crippen LogP contribution in [0, 0.1) is 6.92 Å². The van der Waals surface area contributed by atoms with Crippen LogP contribution in [0.2, 0.25) is 0 Å². The number of likely N-dealkylation sites (N-methyl/N-ethyl adjacent to an activating group) is 1. The van der Waals surface area contributed by atoms with E-state index in [1.165, 1.54) is 16.7 Å². The van der Waals surface area contributed by atoms with E-state index < -0.39 is 0 Å². The number of hydrogen-bond donors (Lipinski definition) is 1. The molecule has 96 valence electrons. The van der Waals surface area contributed by atoms with Crippen molar-refractivity contribution in [3.63, 3.8) is 0 Å². The number of rotatable bonds is 6. The number of nitrogens with one attached hydrogen (secondary N) is 1. The minimum atomic E-state index is 0.467. The first kappa shape index (κ1) is 12.9. The van der Waals surface area contributed by atoms with E-state index in [2.05, 4.69) is 43.4 Å². The average molecular weight is 243 g/mol. The van der Waals surface area contributed by atoms with Gasteiger partial charge in [-0.05, 0) is 43.5 Å². The molecule has 0 saturated heterocycles. The van der Waals surface area contributed by atoms with Crippen LogP contribution < -0.4 is 5.32 Å². The van der Waals surface area contributed by atoms with Gasteiger partial charge in [-0.1, -0.05) is 36.8 Å². The topological polar surface area (TPSA) is 25.2 Å². The van der Waals surface area contributed by atoms with Crippen molar-refractivity contribution in [1.82, 2.24) is 5.32 Å². The molecule has 0 bridgehead atoms. The molecule has 0 fully saturated rings. The Kier molecular flexibility index (Phi) is 4.59. The van der Waals surface area contributed by atoms with E-state index in [0.717, 1.165) is 19.4 Å².